The van der Waals surface area contributed by atoms with Crippen molar-refractivity contribution in [2.45, 2.75) is 6.04 Å². The number of pyridine rings is 2. The van der Waals surface area contributed by atoms with Gasteiger partial charge in [-0.1, -0.05) is 0 Å². The van der Waals surface area contributed by atoms with Crippen molar-refractivity contribution in [2.24, 2.45) is 0 Å². The highest BCUT2D eigenvalue weighted by Gasteiger charge is 2.42. The van der Waals surface area contributed by atoms with Crippen molar-refractivity contribution in [2.75, 3.05) is 65.6 Å². The fourth-order valence-electron chi connectivity index (χ4n) is 5.77. The Kier molecular flexibility index (Phi) is 11.9. The molecule has 2 aromatic carbocycles. The first-order valence-corrected chi connectivity index (χ1v) is 18.4. The van der Waals surface area contributed by atoms with Gasteiger partial charge in [-0.3, -0.25) is 23.6 Å². The maximum absolute atomic E-state index is 12.4. The lowest BCUT2D eigenvalue weighted by Crippen LogP contribution is -2.62. The van der Waals surface area contributed by atoms with E-state index in [0.29, 0.717) is 39.7 Å². The van der Waals surface area contributed by atoms with Crippen LogP contribution in [-0.2, 0) is 20.2 Å². The third-order valence-corrected chi connectivity index (χ3v) is 10.1. The van der Waals surface area contributed by atoms with Gasteiger partial charge < -0.3 is 23.8 Å². The largest absolute Gasteiger partial charge is 0.495 e. The lowest BCUT2D eigenvalue weighted by atomic mass is 10.1. The summed E-state index contributed by atoms with van der Waals surface area (Å²) in [6, 6.07) is 15.8. The maximum Gasteiger partial charge on any atom is 0.316 e. The quantitative estimate of drug-likeness (QED) is 0.130. The Balaban J connectivity index is 1.73. The molecule has 16 nitrogen and oxygen atoms in total. The Labute approximate surface area is 302 Å². The fraction of sp³-hybridized carbons (Fsp3) is 0.294. The molecule has 0 aliphatic rings. The number of anilines is 1. The smallest absolute Gasteiger partial charge is 0.316 e. The number of rotatable bonds is 15. The highest BCUT2D eigenvalue weighted by atomic mass is 32.2. The van der Waals surface area contributed by atoms with Gasteiger partial charge in [-0.05, 0) is 42.5 Å². The Morgan fingerprint density at radius 1 is 0.750 bits per heavy atom. The number of benzene rings is 2. The number of quaternary nitrogens is 1. The molecule has 52 heavy (non-hydrogen) atoms. The number of likely N-dealkylation sites (N-methyl/N-ethyl adjacent to an activating group) is 2. The second kappa shape index (κ2) is 15.8. The van der Waals surface area contributed by atoms with E-state index in [-0.39, 0.29) is 34.9 Å². The summed E-state index contributed by atoms with van der Waals surface area (Å²) in [5, 5.41) is 19.1. The molecule has 2 N–H and O–H groups in total. The normalized spacial score (nSPS) is 13.2. The van der Waals surface area contributed by atoms with Crippen LogP contribution >= 0.6 is 0 Å². The summed E-state index contributed by atoms with van der Waals surface area (Å²) >= 11 is 0. The Hall–Kier alpha value is -5.50. The van der Waals surface area contributed by atoms with Gasteiger partial charge in [-0.2, -0.15) is 27.4 Å². The highest BCUT2D eigenvalue weighted by Crippen LogP contribution is 2.36. The topological polar surface area (TPSA) is 222 Å². The van der Waals surface area contributed by atoms with Gasteiger partial charge >= 0.3 is 10.1 Å². The predicted octanol–water partition coefficient (Wildman–Crippen LogP) is 3.76. The first-order valence-electron chi connectivity index (χ1n) is 15.2. The van der Waals surface area contributed by atoms with Crippen molar-refractivity contribution < 1.29 is 44.9 Å². The lowest BCUT2D eigenvalue weighted by Gasteiger charge is -2.41. The second-order valence-corrected chi connectivity index (χ2v) is 14.7. The van der Waals surface area contributed by atoms with Gasteiger partial charge in [0.25, 0.3) is 10.1 Å². The van der Waals surface area contributed by atoms with Gasteiger partial charge in [-0.25, -0.2) is 0 Å². The van der Waals surface area contributed by atoms with Crippen LogP contribution in [0.25, 0.3) is 22.5 Å². The first-order chi connectivity index (χ1) is 24.5. The summed E-state index contributed by atoms with van der Waals surface area (Å²) in [4.78, 5) is 10.6. The summed E-state index contributed by atoms with van der Waals surface area (Å²) in [7, 11) is -0.734. The van der Waals surface area contributed by atoms with Crippen molar-refractivity contribution >= 4 is 31.6 Å². The average Bonchev–Trinajstić information content (AvgIpc) is 3.11. The molecule has 0 saturated carbocycles. The van der Waals surface area contributed by atoms with Crippen LogP contribution in [0.15, 0.2) is 60.9 Å². The zero-order chi connectivity index (χ0) is 38.4. The van der Waals surface area contributed by atoms with E-state index in [2.05, 4.69) is 9.97 Å². The van der Waals surface area contributed by atoms with Crippen LogP contribution in [0.1, 0.15) is 11.1 Å². The van der Waals surface area contributed by atoms with Crippen LogP contribution in [-0.4, -0.2) is 103 Å². The minimum Gasteiger partial charge on any atom is -0.495 e. The van der Waals surface area contributed by atoms with Gasteiger partial charge in [-0.15, -0.1) is 0 Å². The zero-order valence-corrected chi connectivity index (χ0v) is 30.8. The number of nitriles is 2. The number of hydrogen-bond donors (Lipinski definition) is 2. The summed E-state index contributed by atoms with van der Waals surface area (Å²) in [6.45, 7) is -0.142. The zero-order valence-electron chi connectivity index (χ0n) is 29.1. The van der Waals surface area contributed by atoms with Crippen molar-refractivity contribution in [3.05, 3.63) is 72.1 Å². The van der Waals surface area contributed by atoms with Crippen molar-refractivity contribution in [1.82, 2.24) is 14.5 Å². The lowest BCUT2D eigenvalue weighted by molar-refractivity contribution is 0.283. The molecule has 2 heterocycles. The van der Waals surface area contributed by atoms with E-state index in [4.69, 9.17) is 18.9 Å². The number of ether oxygens (including phenoxy) is 4. The van der Waals surface area contributed by atoms with Crippen molar-refractivity contribution in [1.29, 1.82) is 10.5 Å². The maximum atomic E-state index is 12.4. The summed E-state index contributed by atoms with van der Waals surface area (Å²) in [5.41, 5.74) is 3.10. The highest BCUT2D eigenvalue weighted by molar-refractivity contribution is 7.86. The predicted molar refractivity (Wildman–Crippen MR) is 193 cm³/mol. The molecular weight excluding hydrogens is 717 g/mol. The van der Waals surface area contributed by atoms with Crippen LogP contribution < -0.4 is 28.3 Å². The third-order valence-electron chi connectivity index (χ3n) is 8.48. The molecule has 0 saturated heterocycles. The van der Waals surface area contributed by atoms with Crippen molar-refractivity contribution in [3.63, 3.8) is 0 Å². The number of nitrogens with zero attached hydrogens (tertiary/aromatic N) is 6. The molecule has 4 rings (SSSR count). The Morgan fingerprint density at radius 2 is 1.19 bits per heavy atom. The Bertz CT molecular complexity index is 2190. The molecule has 2 atom stereocenters. The van der Waals surface area contributed by atoms with E-state index in [1.165, 1.54) is 53.9 Å². The molecule has 0 spiro atoms. The number of aromatic nitrogens is 2. The summed E-state index contributed by atoms with van der Waals surface area (Å²) in [5.74, 6) is -0.772. The molecule has 2 aromatic heterocycles. The number of methoxy groups -OCH3 is 4. The first kappa shape index (κ1) is 39.3. The molecule has 0 radical (unpaired) electrons. The van der Waals surface area contributed by atoms with E-state index in [1.54, 1.807) is 54.4 Å². The van der Waals surface area contributed by atoms with Crippen LogP contribution in [0.4, 0.5) is 11.4 Å². The second-order valence-electron chi connectivity index (χ2n) is 11.8. The molecular formula is C34H37N6O10S2+. The van der Waals surface area contributed by atoms with E-state index in [0.717, 1.165) is 0 Å². The van der Waals surface area contributed by atoms with Gasteiger partial charge in [0, 0.05) is 24.2 Å². The molecule has 2 unspecified atom stereocenters. The van der Waals surface area contributed by atoms with Crippen LogP contribution in [0, 0.1) is 22.7 Å². The number of hydrogen-bond acceptors (Lipinski definition) is 13. The van der Waals surface area contributed by atoms with E-state index in [9.17, 15) is 36.5 Å². The Morgan fingerprint density at radius 3 is 1.52 bits per heavy atom. The SMILES string of the molecule is COc1cc(-c2ccc(N(C)CC(CS(=O)(=O)O)[N+](C)(CS(=O)(=O)O)c3ccc(-c4cc(OC)c(C#N)c(OC)c4)nc3)cn2)cc(OC)c1C#N. The summed E-state index contributed by atoms with van der Waals surface area (Å²) in [6.07, 6.45) is 2.85. The minimum absolute atomic E-state index is 0.142. The molecule has 4 aromatic rings. The molecule has 0 bridgehead atoms. The van der Waals surface area contributed by atoms with Gasteiger partial charge in [0.05, 0.1) is 71.5 Å². The summed E-state index contributed by atoms with van der Waals surface area (Å²) < 4.78 is 90.4. The molecule has 0 fully saturated rings. The van der Waals surface area contributed by atoms with E-state index < -0.39 is 42.4 Å². The molecule has 18 heteroatoms. The van der Waals surface area contributed by atoms with Crippen LogP contribution in [0.3, 0.4) is 0 Å². The van der Waals surface area contributed by atoms with Crippen LogP contribution in [0.5, 0.6) is 23.0 Å². The standard InChI is InChI=1S/C34H36N6O10S2/c1-39(24-7-9-29(37-17-24)22-11-31(47-3)27(15-35)32(12-22)48-4)19-26(20-51(41,42)43)40(2,21-52(44,45)46)25-8-10-30(38-18-25)23-13-33(49-5)28(16-36)34(14-23)50-6/h7-14,17-18,26H,19-21H2,1-6H3,(H-,41,42,43,44,45,46)/p+1. The molecule has 0 aliphatic heterocycles. The van der Waals surface area contributed by atoms with Gasteiger partial charge in [0.1, 0.15) is 58.1 Å². The third kappa shape index (κ3) is 8.86. The fourth-order valence-corrected chi connectivity index (χ4v) is 7.73. The van der Waals surface area contributed by atoms with Gasteiger partial charge in [0.15, 0.2) is 5.69 Å². The minimum atomic E-state index is -4.74. The van der Waals surface area contributed by atoms with Crippen LogP contribution in [0.2, 0.25) is 0 Å². The molecule has 0 aliphatic carbocycles. The monoisotopic (exact) mass is 753 g/mol. The van der Waals surface area contributed by atoms with E-state index >= 15 is 0 Å². The van der Waals surface area contributed by atoms with Gasteiger partial charge in [0.2, 0.25) is 5.88 Å². The molecule has 274 valence electrons. The van der Waals surface area contributed by atoms with E-state index in [1.807, 2.05) is 12.1 Å². The average molecular weight is 754 g/mol. The molecule has 0 amide bonds. The van der Waals surface area contributed by atoms with Crippen molar-refractivity contribution in [3.8, 4) is 57.7 Å².